The SMILES string of the molecule is CCN(CC)CCCC(=O)Nc1cc(Cl)ccc1N. The van der Waals surface area contributed by atoms with Gasteiger partial charge in [0.15, 0.2) is 0 Å². The minimum atomic E-state index is -0.0267. The Morgan fingerprint density at radius 2 is 2.05 bits per heavy atom. The summed E-state index contributed by atoms with van der Waals surface area (Å²) in [5.41, 5.74) is 6.89. The molecule has 0 spiro atoms. The van der Waals surface area contributed by atoms with E-state index in [1.807, 2.05) is 0 Å². The number of anilines is 2. The number of carbonyl (C=O) groups excluding carboxylic acids is 1. The molecule has 0 saturated heterocycles. The number of hydrogen-bond donors (Lipinski definition) is 2. The first-order valence-electron chi connectivity index (χ1n) is 6.64. The lowest BCUT2D eigenvalue weighted by atomic mass is 10.2. The molecule has 0 saturated carbocycles. The minimum Gasteiger partial charge on any atom is -0.397 e. The number of carbonyl (C=O) groups is 1. The molecule has 0 unspecified atom stereocenters. The van der Waals surface area contributed by atoms with Gasteiger partial charge >= 0.3 is 0 Å². The van der Waals surface area contributed by atoms with E-state index in [0.29, 0.717) is 22.8 Å². The van der Waals surface area contributed by atoms with Gasteiger partial charge in [-0.25, -0.2) is 0 Å². The van der Waals surface area contributed by atoms with Crippen molar-refractivity contribution in [3.8, 4) is 0 Å². The molecule has 0 atom stereocenters. The molecule has 0 heterocycles. The highest BCUT2D eigenvalue weighted by Crippen LogP contribution is 2.23. The van der Waals surface area contributed by atoms with Gasteiger partial charge in [-0.2, -0.15) is 0 Å². The highest BCUT2D eigenvalue weighted by molar-refractivity contribution is 6.31. The summed E-state index contributed by atoms with van der Waals surface area (Å²) in [6, 6.07) is 5.06. The fourth-order valence-corrected chi connectivity index (χ4v) is 2.02. The van der Waals surface area contributed by atoms with Crippen LogP contribution in [0.25, 0.3) is 0 Å². The maximum atomic E-state index is 11.8. The lowest BCUT2D eigenvalue weighted by Gasteiger charge is -2.17. The zero-order valence-corrected chi connectivity index (χ0v) is 12.3. The molecule has 1 amide bonds. The van der Waals surface area contributed by atoms with Crippen LogP contribution in [0.4, 0.5) is 11.4 Å². The first-order valence-corrected chi connectivity index (χ1v) is 7.01. The summed E-state index contributed by atoms with van der Waals surface area (Å²) in [6.07, 6.45) is 1.33. The monoisotopic (exact) mass is 283 g/mol. The van der Waals surface area contributed by atoms with Crippen molar-refractivity contribution < 1.29 is 4.79 Å². The number of halogens is 1. The second kappa shape index (κ2) is 8.02. The Kier molecular flexibility index (Phi) is 6.67. The van der Waals surface area contributed by atoms with Crippen molar-refractivity contribution in [2.45, 2.75) is 26.7 Å². The molecule has 4 nitrogen and oxygen atoms in total. The number of benzene rings is 1. The van der Waals surface area contributed by atoms with Crippen LogP contribution in [0, 0.1) is 0 Å². The first-order chi connectivity index (χ1) is 9.06. The lowest BCUT2D eigenvalue weighted by molar-refractivity contribution is -0.116. The van der Waals surface area contributed by atoms with E-state index in [1.165, 1.54) is 0 Å². The quantitative estimate of drug-likeness (QED) is 0.757. The van der Waals surface area contributed by atoms with Crippen LogP contribution in [0.2, 0.25) is 5.02 Å². The smallest absolute Gasteiger partial charge is 0.224 e. The fraction of sp³-hybridized carbons (Fsp3) is 0.500. The summed E-state index contributed by atoms with van der Waals surface area (Å²) >= 11 is 5.87. The number of rotatable bonds is 7. The number of amides is 1. The Balaban J connectivity index is 2.41. The van der Waals surface area contributed by atoms with Crippen LogP contribution in [0.15, 0.2) is 18.2 Å². The van der Waals surface area contributed by atoms with Crippen molar-refractivity contribution >= 4 is 28.9 Å². The van der Waals surface area contributed by atoms with Crippen molar-refractivity contribution in [1.29, 1.82) is 0 Å². The van der Waals surface area contributed by atoms with Gasteiger partial charge in [-0.05, 0) is 44.3 Å². The standard InChI is InChI=1S/C14H22ClN3O/c1-3-18(4-2)9-5-6-14(19)17-13-10-11(15)7-8-12(13)16/h7-8,10H,3-6,9,16H2,1-2H3,(H,17,19). The third-order valence-corrected chi connectivity index (χ3v) is 3.30. The highest BCUT2D eigenvalue weighted by Gasteiger charge is 2.07. The number of hydrogen-bond acceptors (Lipinski definition) is 3. The Morgan fingerprint density at radius 3 is 2.68 bits per heavy atom. The molecule has 0 fully saturated rings. The fourth-order valence-electron chi connectivity index (χ4n) is 1.85. The van der Waals surface area contributed by atoms with Gasteiger partial charge in [-0.3, -0.25) is 4.79 Å². The predicted octanol–water partition coefficient (Wildman–Crippen LogP) is 2.98. The second-order valence-corrected chi connectivity index (χ2v) is 4.85. The lowest BCUT2D eigenvalue weighted by Crippen LogP contribution is -2.25. The van der Waals surface area contributed by atoms with E-state index in [2.05, 4.69) is 24.1 Å². The Morgan fingerprint density at radius 1 is 1.37 bits per heavy atom. The predicted molar refractivity (Wildman–Crippen MR) is 81.5 cm³/mol. The average Bonchev–Trinajstić information content (AvgIpc) is 2.39. The molecule has 0 bridgehead atoms. The Bertz CT molecular complexity index is 419. The summed E-state index contributed by atoms with van der Waals surface area (Å²) in [7, 11) is 0. The molecule has 1 aromatic rings. The molecule has 1 rings (SSSR count). The zero-order chi connectivity index (χ0) is 14.3. The van der Waals surface area contributed by atoms with Crippen LogP contribution in [-0.2, 0) is 4.79 Å². The van der Waals surface area contributed by atoms with Gasteiger partial charge < -0.3 is 16.0 Å². The topological polar surface area (TPSA) is 58.4 Å². The molecule has 0 aliphatic heterocycles. The van der Waals surface area contributed by atoms with E-state index >= 15 is 0 Å². The van der Waals surface area contributed by atoms with E-state index in [9.17, 15) is 4.79 Å². The molecule has 0 radical (unpaired) electrons. The van der Waals surface area contributed by atoms with Crippen LogP contribution < -0.4 is 11.1 Å². The normalized spacial score (nSPS) is 10.7. The molecule has 3 N–H and O–H groups in total. The van der Waals surface area contributed by atoms with E-state index in [-0.39, 0.29) is 5.91 Å². The van der Waals surface area contributed by atoms with E-state index in [0.717, 1.165) is 26.1 Å². The van der Waals surface area contributed by atoms with Crippen molar-refractivity contribution in [3.05, 3.63) is 23.2 Å². The molecule has 0 aliphatic carbocycles. The third-order valence-electron chi connectivity index (χ3n) is 3.06. The van der Waals surface area contributed by atoms with Crippen LogP contribution in [0.1, 0.15) is 26.7 Å². The van der Waals surface area contributed by atoms with Crippen molar-refractivity contribution in [2.75, 3.05) is 30.7 Å². The van der Waals surface area contributed by atoms with Crippen LogP contribution in [0.3, 0.4) is 0 Å². The van der Waals surface area contributed by atoms with Crippen LogP contribution in [-0.4, -0.2) is 30.4 Å². The molecule has 19 heavy (non-hydrogen) atoms. The molecule has 0 aliphatic rings. The number of nitrogens with one attached hydrogen (secondary N) is 1. The van der Waals surface area contributed by atoms with Gasteiger partial charge in [0.2, 0.25) is 5.91 Å². The second-order valence-electron chi connectivity index (χ2n) is 4.41. The molecule has 1 aromatic carbocycles. The molecular weight excluding hydrogens is 262 g/mol. The van der Waals surface area contributed by atoms with Gasteiger partial charge in [0.25, 0.3) is 0 Å². The summed E-state index contributed by atoms with van der Waals surface area (Å²) in [5, 5.41) is 3.36. The van der Waals surface area contributed by atoms with Gasteiger partial charge in [0.1, 0.15) is 0 Å². The molecule has 5 heteroatoms. The molecular formula is C14H22ClN3O. The number of nitrogen functional groups attached to an aromatic ring is 1. The number of nitrogens with two attached hydrogens (primary N) is 1. The number of nitrogens with zero attached hydrogens (tertiary/aromatic N) is 1. The zero-order valence-electron chi connectivity index (χ0n) is 11.6. The van der Waals surface area contributed by atoms with Crippen LogP contribution >= 0.6 is 11.6 Å². The van der Waals surface area contributed by atoms with Gasteiger partial charge in [0, 0.05) is 11.4 Å². The van der Waals surface area contributed by atoms with E-state index < -0.39 is 0 Å². The van der Waals surface area contributed by atoms with Crippen molar-refractivity contribution in [3.63, 3.8) is 0 Å². The van der Waals surface area contributed by atoms with E-state index in [4.69, 9.17) is 17.3 Å². The summed E-state index contributed by atoms with van der Waals surface area (Å²) < 4.78 is 0. The third kappa shape index (κ3) is 5.49. The van der Waals surface area contributed by atoms with Gasteiger partial charge in [-0.1, -0.05) is 25.4 Å². The Hall–Kier alpha value is -1.26. The average molecular weight is 284 g/mol. The van der Waals surface area contributed by atoms with E-state index in [1.54, 1.807) is 18.2 Å². The van der Waals surface area contributed by atoms with Crippen molar-refractivity contribution in [2.24, 2.45) is 0 Å². The van der Waals surface area contributed by atoms with Crippen LogP contribution in [0.5, 0.6) is 0 Å². The molecule has 106 valence electrons. The minimum absolute atomic E-state index is 0.0267. The summed E-state index contributed by atoms with van der Waals surface area (Å²) in [6.45, 7) is 7.21. The molecule has 0 aromatic heterocycles. The van der Waals surface area contributed by atoms with Crippen molar-refractivity contribution in [1.82, 2.24) is 4.90 Å². The van der Waals surface area contributed by atoms with Gasteiger partial charge in [0.05, 0.1) is 11.4 Å². The summed E-state index contributed by atoms with van der Waals surface area (Å²) in [4.78, 5) is 14.1. The highest BCUT2D eigenvalue weighted by atomic mass is 35.5. The Labute approximate surface area is 119 Å². The van der Waals surface area contributed by atoms with Gasteiger partial charge in [-0.15, -0.1) is 0 Å². The first kappa shape index (κ1) is 15.8. The summed E-state index contributed by atoms with van der Waals surface area (Å²) in [5.74, 6) is -0.0267. The largest absolute Gasteiger partial charge is 0.397 e. The maximum absolute atomic E-state index is 11.8. The maximum Gasteiger partial charge on any atom is 0.224 e.